The molecule has 2 rings (SSSR count). The second-order valence-corrected chi connectivity index (χ2v) is 5.96. The van der Waals surface area contributed by atoms with Crippen LogP contribution in [0.5, 0.6) is 0 Å². The van der Waals surface area contributed by atoms with Crippen molar-refractivity contribution >= 4 is 5.91 Å². The Balaban J connectivity index is 1.98. The summed E-state index contributed by atoms with van der Waals surface area (Å²) in [6, 6.07) is 9.53. The van der Waals surface area contributed by atoms with E-state index in [4.69, 9.17) is 5.73 Å². The van der Waals surface area contributed by atoms with Crippen LogP contribution >= 0.6 is 0 Å². The summed E-state index contributed by atoms with van der Waals surface area (Å²) in [6.45, 7) is 1.86. The van der Waals surface area contributed by atoms with Crippen molar-refractivity contribution < 1.29 is 9.90 Å². The molecule has 0 radical (unpaired) electrons. The van der Waals surface area contributed by atoms with Gasteiger partial charge in [0.25, 0.3) is 0 Å². The first-order valence-corrected chi connectivity index (χ1v) is 7.27. The minimum absolute atomic E-state index is 0.0301. The standard InChI is InChI=1S/C16H24N2O2/c1-16(9-5-8-14(16)17)15(20)18-13(11-19)10-12-6-3-2-4-7-12/h2-4,6-7,13-14,19H,5,8-11,17H2,1H3,(H,18,20)/t13-,14?,16?/m0/s1. The van der Waals surface area contributed by atoms with E-state index < -0.39 is 5.41 Å². The molecule has 1 amide bonds. The molecule has 1 aromatic rings. The van der Waals surface area contributed by atoms with Crippen LogP contribution in [0, 0.1) is 5.41 Å². The van der Waals surface area contributed by atoms with E-state index in [9.17, 15) is 9.90 Å². The highest BCUT2D eigenvalue weighted by molar-refractivity contribution is 5.83. The molecule has 4 N–H and O–H groups in total. The largest absolute Gasteiger partial charge is 0.394 e. The van der Waals surface area contributed by atoms with Crippen molar-refractivity contribution in [2.75, 3.05) is 6.61 Å². The van der Waals surface area contributed by atoms with E-state index in [1.54, 1.807) is 0 Å². The topological polar surface area (TPSA) is 75.3 Å². The van der Waals surface area contributed by atoms with Crippen molar-refractivity contribution in [3.8, 4) is 0 Å². The maximum absolute atomic E-state index is 12.4. The number of amides is 1. The van der Waals surface area contributed by atoms with E-state index in [-0.39, 0.29) is 24.6 Å². The molecule has 1 aliphatic rings. The van der Waals surface area contributed by atoms with Crippen molar-refractivity contribution in [3.05, 3.63) is 35.9 Å². The van der Waals surface area contributed by atoms with Crippen LogP contribution in [0.25, 0.3) is 0 Å². The third-order valence-corrected chi connectivity index (χ3v) is 4.43. The SMILES string of the molecule is CC1(C(=O)N[C@H](CO)Cc2ccccc2)CCCC1N. The molecule has 0 aromatic heterocycles. The first kappa shape index (κ1) is 15.0. The molecular formula is C16H24N2O2. The minimum Gasteiger partial charge on any atom is -0.394 e. The van der Waals surface area contributed by atoms with Crippen molar-refractivity contribution in [3.63, 3.8) is 0 Å². The predicted molar refractivity (Wildman–Crippen MR) is 79.1 cm³/mol. The Morgan fingerprint density at radius 2 is 2.20 bits per heavy atom. The molecule has 3 atom stereocenters. The van der Waals surface area contributed by atoms with Gasteiger partial charge in [-0.25, -0.2) is 0 Å². The predicted octanol–water partition coefficient (Wildman–Crippen LogP) is 1.22. The second kappa shape index (κ2) is 6.37. The summed E-state index contributed by atoms with van der Waals surface area (Å²) in [4.78, 5) is 12.4. The van der Waals surface area contributed by atoms with Gasteiger partial charge in [-0.2, -0.15) is 0 Å². The molecule has 20 heavy (non-hydrogen) atoms. The quantitative estimate of drug-likeness (QED) is 0.757. The summed E-state index contributed by atoms with van der Waals surface area (Å²) in [5, 5.41) is 12.4. The number of carbonyl (C=O) groups excluding carboxylic acids is 1. The highest BCUT2D eigenvalue weighted by Gasteiger charge is 2.43. The zero-order chi connectivity index (χ0) is 14.6. The first-order chi connectivity index (χ1) is 9.56. The lowest BCUT2D eigenvalue weighted by Crippen LogP contribution is -2.51. The highest BCUT2D eigenvalue weighted by Crippen LogP contribution is 2.36. The molecule has 4 nitrogen and oxygen atoms in total. The van der Waals surface area contributed by atoms with Gasteiger partial charge in [-0.15, -0.1) is 0 Å². The Morgan fingerprint density at radius 3 is 2.75 bits per heavy atom. The normalized spacial score (nSPS) is 27.2. The molecule has 1 fully saturated rings. The molecule has 0 heterocycles. The van der Waals surface area contributed by atoms with E-state index in [0.29, 0.717) is 6.42 Å². The van der Waals surface area contributed by atoms with Crippen LogP contribution in [-0.2, 0) is 11.2 Å². The number of aliphatic hydroxyl groups excluding tert-OH is 1. The Bertz CT molecular complexity index is 449. The van der Waals surface area contributed by atoms with E-state index in [1.807, 2.05) is 37.3 Å². The number of benzene rings is 1. The van der Waals surface area contributed by atoms with Crippen molar-refractivity contribution in [1.82, 2.24) is 5.32 Å². The fraction of sp³-hybridized carbons (Fsp3) is 0.562. The average molecular weight is 276 g/mol. The lowest BCUT2D eigenvalue weighted by atomic mass is 9.84. The number of rotatable bonds is 5. The maximum Gasteiger partial charge on any atom is 0.227 e. The fourth-order valence-electron chi connectivity index (χ4n) is 2.89. The van der Waals surface area contributed by atoms with Gasteiger partial charge in [0.05, 0.1) is 18.1 Å². The van der Waals surface area contributed by atoms with Gasteiger partial charge in [0, 0.05) is 6.04 Å². The van der Waals surface area contributed by atoms with Gasteiger partial charge in [-0.05, 0) is 31.7 Å². The van der Waals surface area contributed by atoms with Gasteiger partial charge in [0.1, 0.15) is 0 Å². The summed E-state index contributed by atoms with van der Waals surface area (Å²) in [7, 11) is 0. The summed E-state index contributed by atoms with van der Waals surface area (Å²) >= 11 is 0. The van der Waals surface area contributed by atoms with E-state index >= 15 is 0 Å². The number of carbonyl (C=O) groups is 1. The molecular weight excluding hydrogens is 252 g/mol. The second-order valence-electron chi connectivity index (χ2n) is 5.96. The van der Waals surface area contributed by atoms with Crippen LogP contribution in [0.4, 0.5) is 0 Å². The third-order valence-electron chi connectivity index (χ3n) is 4.43. The summed E-state index contributed by atoms with van der Waals surface area (Å²) < 4.78 is 0. The number of hydrogen-bond acceptors (Lipinski definition) is 3. The Labute approximate surface area is 120 Å². The molecule has 0 bridgehead atoms. The fourth-order valence-corrected chi connectivity index (χ4v) is 2.89. The van der Waals surface area contributed by atoms with Crippen molar-refractivity contribution in [1.29, 1.82) is 0 Å². The van der Waals surface area contributed by atoms with Gasteiger partial charge in [0.15, 0.2) is 0 Å². The molecule has 4 heteroatoms. The minimum atomic E-state index is -0.496. The van der Waals surface area contributed by atoms with Gasteiger partial charge < -0.3 is 16.2 Å². The van der Waals surface area contributed by atoms with Crippen molar-refractivity contribution in [2.24, 2.45) is 11.1 Å². The Morgan fingerprint density at radius 1 is 1.50 bits per heavy atom. The summed E-state index contributed by atoms with van der Waals surface area (Å²) in [6.07, 6.45) is 3.35. The zero-order valence-electron chi connectivity index (χ0n) is 12.0. The molecule has 0 aliphatic heterocycles. The van der Waals surface area contributed by atoms with E-state index in [1.165, 1.54) is 0 Å². The number of hydrogen-bond donors (Lipinski definition) is 3. The van der Waals surface area contributed by atoms with Crippen LogP contribution < -0.4 is 11.1 Å². The molecule has 0 saturated heterocycles. The van der Waals surface area contributed by atoms with E-state index in [0.717, 1.165) is 24.8 Å². The first-order valence-electron chi connectivity index (χ1n) is 7.27. The van der Waals surface area contributed by atoms with Crippen molar-refractivity contribution in [2.45, 2.75) is 44.7 Å². The zero-order valence-corrected chi connectivity index (χ0v) is 12.0. The Hall–Kier alpha value is -1.39. The van der Waals surface area contributed by atoms with Crippen LogP contribution in [0.1, 0.15) is 31.7 Å². The van der Waals surface area contributed by atoms with Crippen LogP contribution in [0.2, 0.25) is 0 Å². The third kappa shape index (κ3) is 3.19. The number of aliphatic hydroxyl groups is 1. The average Bonchev–Trinajstić information content (AvgIpc) is 2.80. The van der Waals surface area contributed by atoms with Gasteiger partial charge in [0.2, 0.25) is 5.91 Å². The molecule has 2 unspecified atom stereocenters. The van der Waals surface area contributed by atoms with E-state index in [2.05, 4.69) is 5.32 Å². The monoisotopic (exact) mass is 276 g/mol. The maximum atomic E-state index is 12.4. The number of nitrogens with two attached hydrogens (primary N) is 1. The lowest BCUT2D eigenvalue weighted by molar-refractivity contribution is -0.131. The number of nitrogens with one attached hydrogen (secondary N) is 1. The molecule has 1 aliphatic carbocycles. The van der Waals surface area contributed by atoms with Crippen LogP contribution in [0.3, 0.4) is 0 Å². The van der Waals surface area contributed by atoms with Crippen LogP contribution in [-0.4, -0.2) is 29.7 Å². The molecule has 1 saturated carbocycles. The highest BCUT2D eigenvalue weighted by atomic mass is 16.3. The molecule has 1 aromatic carbocycles. The Kier molecular flexibility index (Phi) is 4.78. The van der Waals surface area contributed by atoms with Gasteiger partial charge in [-0.3, -0.25) is 4.79 Å². The van der Waals surface area contributed by atoms with Gasteiger partial charge >= 0.3 is 0 Å². The smallest absolute Gasteiger partial charge is 0.227 e. The molecule has 0 spiro atoms. The summed E-state index contributed by atoms with van der Waals surface area (Å²) in [5.41, 5.74) is 6.67. The van der Waals surface area contributed by atoms with Gasteiger partial charge in [-0.1, -0.05) is 36.8 Å². The summed E-state index contributed by atoms with van der Waals surface area (Å²) in [5.74, 6) is -0.0301. The van der Waals surface area contributed by atoms with Crippen LogP contribution in [0.15, 0.2) is 30.3 Å². The molecule has 110 valence electrons. The lowest BCUT2D eigenvalue weighted by Gasteiger charge is -2.30.